The van der Waals surface area contributed by atoms with Crippen LogP contribution in [-0.4, -0.2) is 4.57 Å². The van der Waals surface area contributed by atoms with Gasteiger partial charge in [0.1, 0.15) is 0 Å². The summed E-state index contributed by atoms with van der Waals surface area (Å²) < 4.78 is 2.49. The molecule has 1 aromatic heterocycles. The van der Waals surface area contributed by atoms with E-state index in [1.807, 2.05) is 24.3 Å². The summed E-state index contributed by atoms with van der Waals surface area (Å²) in [6.07, 6.45) is 0. The zero-order chi connectivity index (χ0) is 63.6. The third-order valence-corrected chi connectivity index (χ3v) is 18.0. The van der Waals surface area contributed by atoms with Crippen molar-refractivity contribution in [1.29, 1.82) is 0 Å². The molecular formula is C88H90NW-3. The third kappa shape index (κ3) is 13.7. The molecule has 0 amide bonds. The Kier molecular flexibility index (Phi) is 17.9. The average molecular weight is 1350 g/mol. The van der Waals surface area contributed by atoms with Crippen molar-refractivity contribution in [2.24, 2.45) is 0 Å². The first-order valence-corrected chi connectivity index (χ1v) is 32.0. The Morgan fingerprint density at radius 2 is 0.756 bits per heavy atom. The van der Waals surface area contributed by atoms with Gasteiger partial charge in [-0.3, -0.25) is 0 Å². The van der Waals surface area contributed by atoms with Gasteiger partial charge in [0.25, 0.3) is 0 Å². The fourth-order valence-corrected chi connectivity index (χ4v) is 12.2. The Bertz CT molecular complexity index is 4530. The van der Waals surface area contributed by atoms with Crippen LogP contribution in [0, 0.1) is 18.2 Å². The maximum atomic E-state index is 3.52. The van der Waals surface area contributed by atoms with Gasteiger partial charge in [-0.25, -0.2) is 0 Å². The van der Waals surface area contributed by atoms with Crippen LogP contribution in [0.5, 0.6) is 0 Å². The fraction of sp³-hybridized carbons (Fsp3) is 0.273. The quantitative estimate of drug-likeness (QED) is 0.120. The van der Waals surface area contributed by atoms with Gasteiger partial charge in [0, 0.05) is 31.8 Å². The molecule has 13 rings (SSSR count). The monoisotopic (exact) mass is 1340 g/mol. The van der Waals surface area contributed by atoms with Crippen LogP contribution in [0.15, 0.2) is 218 Å². The van der Waals surface area contributed by atoms with E-state index in [-0.39, 0.29) is 53.6 Å². The topological polar surface area (TPSA) is 4.93 Å². The molecule has 0 fully saturated rings. The molecule has 13 aromatic rings. The second-order valence-corrected chi connectivity index (χ2v) is 31.0. The predicted molar refractivity (Wildman–Crippen MR) is 388 cm³/mol. The van der Waals surface area contributed by atoms with E-state index in [0.717, 1.165) is 5.56 Å². The standard InChI is InChI=1S/C36H32N.2C26H29.W/c1-35(2,3)25-14-18-31-28(20-25)29-21-26(36(4,5)6)15-19-32(29)37(31)30-17-13-24-11-10-22-8-7-9-23-12-16-27(30)34(24)33(22)23;1-25(2,3)23-14-12-20(13-15-23)22-16-21(19-10-8-7-9-11-19)17-24(18-22)26(4,5)6;1-25(2,3)23-16-22(17-24(18-23)26(4,5)6)21-14-12-20(13-15-21)19-10-8-7-9-11-19;/h7,9-21H,1-6H3;7-12,14-18H,1-6H3;7-8,10-18H,1-6H3;/q3*-1;. The van der Waals surface area contributed by atoms with E-state index in [9.17, 15) is 0 Å². The van der Waals surface area contributed by atoms with Crippen LogP contribution in [-0.2, 0) is 53.6 Å². The third-order valence-electron chi connectivity index (χ3n) is 18.0. The predicted octanol–water partition coefficient (Wildman–Crippen LogP) is 24.9. The molecule has 0 spiro atoms. The van der Waals surface area contributed by atoms with Crippen molar-refractivity contribution in [3.05, 3.63) is 270 Å². The molecule has 0 atom stereocenters. The first-order chi connectivity index (χ1) is 41.9. The van der Waals surface area contributed by atoms with Crippen LogP contribution in [0.4, 0.5) is 0 Å². The van der Waals surface area contributed by atoms with Gasteiger partial charge in [-0.15, -0.1) is 76.0 Å². The minimum atomic E-state index is 0. The SMILES string of the molecule is CC(C)(C)c1c[c-]c(-c2cc(-c3ccccc3)cc(C(C)(C)C)c2)cc1.CC(C)(C)c1cc(-c2ccc(-c3c[c-]ccc3)cc2)cc(C(C)(C)C)c1.CC(C)(C)c1ccc2c(c1)c1cc(C(C)(C)C)ccc1n2-c1ccc2ccc3[c-]ccc4ccc1c2c34.[W]. The summed E-state index contributed by atoms with van der Waals surface area (Å²) in [7, 11) is 0. The van der Waals surface area contributed by atoms with Gasteiger partial charge >= 0.3 is 0 Å². The van der Waals surface area contributed by atoms with Crippen LogP contribution in [0.2, 0.25) is 0 Å². The molecule has 0 bridgehead atoms. The fourth-order valence-electron chi connectivity index (χ4n) is 12.2. The molecule has 1 nitrogen and oxygen atoms in total. The average Bonchev–Trinajstić information content (AvgIpc) is 1.41. The minimum absolute atomic E-state index is 0. The maximum Gasteiger partial charge on any atom is 0.0541 e. The van der Waals surface area contributed by atoms with Crippen molar-refractivity contribution in [3.8, 4) is 50.2 Å². The number of aromatic nitrogens is 1. The minimum Gasteiger partial charge on any atom is -0.309 e. The van der Waals surface area contributed by atoms with Crippen molar-refractivity contribution >= 4 is 54.1 Å². The van der Waals surface area contributed by atoms with Crippen molar-refractivity contribution < 1.29 is 21.1 Å². The van der Waals surface area contributed by atoms with Gasteiger partial charge in [0.05, 0.1) is 16.7 Å². The first-order valence-electron chi connectivity index (χ1n) is 32.0. The van der Waals surface area contributed by atoms with Gasteiger partial charge in [-0.1, -0.05) is 274 Å². The van der Waals surface area contributed by atoms with Crippen LogP contribution >= 0.6 is 0 Å². The Balaban J connectivity index is 0.000000152. The Morgan fingerprint density at radius 1 is 0.289 bits per heavy atom. The Hall–Kier alpha value is -7.83. The molecule has 0 saturated carbocycles. The molecule has 0 aliphatic rings. The molecule has 0 N–H and O–H groups in total. The van der Waals surface area contributed by atoms with E-state index in [1.54, 1.807) is 0 Å². The number of rotatable bonds is 5. The van der Waals surface area contributed by atoms with E-state index >= 15 is 0 Å². The smallest absolute Gasteiger partial charge is 0.0541 e. The molecule has 0 unspecified atom stereocenters. The summed E-state index contributed by atoms with van der Waals surface area (Å²) in [4.78, 5) is 0. The van der Waals surface area contributed by atoms with Crippen molar-refractivity contribution in [2.75, 3.05) is 0 Å². The van der Waals surface area contributed by atoms with Crippen LogP contribution in [0.1, 0.15) is 158 Å². The zero-order valence-corrected chi connectivity index (χ0v) is 59.6. The molecule has 0 radical (unpaired) electrons. The molecule has 0 saturated heterocycles. The van der Waals surface area contributed by atoms with Crippen molar-refractivity contribution in [1.82, 2.24) is 4.57 Å². The number of benzene rings is 12. The summed E-state index contributed by atoms with van der Waals surface area (Å²) in [5.74, 6) is 0. The number of hydrogen-bond donors (Lipinski definition) is 0. The van der Waals surface area contributed by atoms with E-state index in [0.29, 0.717) is 0 Å². The van der Waals surface area contributed by atoms with Crippen LogP contribution < -0.4 is 0 Å². The second kappa shape index (κ2) is 24.8. The molecule has 0 aliphatic heterocycles. The molecule has 456 valence electrons. The molecule has 2 heteroatoms. The molecule has 1 heterocycles. The number of fused-ring (bicyclic) bond motifs is 3. The molecule has 12 aromatic carbocycles. The molecular weight excluding hydrogens is 1250 g/mol. The summed E-state index contributed by atoms with van der Waals surface area (Å²) in [6, 6.07) is 90.3. The van der Waals surface area contributed by atoms with E-state index in [1.165, 1.54) is 132 Å². The Labute approximate surface area is 553 Å². The van der Waals surface area contributed by atoms with Gasteiger partial charge in [0.15, 0.2) is 0 Å². The van der Waals surface area contributed by atoms with Crippen molar-refractivity contribution in [2.45, 2.75) is 157 Å². The van der Waals surface area contributed by atoms with E-state index in [4.69, 9.17) is 0 Å². The Morgan fingerprint density at radius 3 is 1.28 bits per heavy atom. The zero-order valence-electron chi connectivity index (χ0n) is 56.6. The summed E-state index contributed by atoms with van der Waals surface area (Å²) >= 11 is 0. The largest absolute Gasteiger partial charge is 0.309 e. The maximum absolute atomic E-state index is 3.52. The summed E-state index contributed by atoms with van der Waals surface area (Å²) in [5.41, 5.74) is 22.6. The molecule has 0 aliphatic carbocycles. The second-order valence-electron chi connectivity index (χ2n) is 31.0. The van der Waals surface area contributed by atoms with Crippen LogP contribution in [0.25, 0.3) is 104 Å². The van der Waals surface area contributed by atoms with Gasteiger partial charge in [0.2, 0.25) is 0 Å². The van der Waals surface area contributed by atoms with E-state index < -0.39 is 0 Å². The first kappa shape index (κ1) is 65.1. The van der Waals surface area contributed by atoms with Crippen molar-refractivity contribution in [3.63, 3.8) is 0 Å². The summed E-state index contributed by atoms with van der Waals surface area (Å²) in [6.45, 7) is 41.0. The van der Waals surface area contributed by atoms with Gasteiger partial charge in [-0.05, 0) is 123 Å². The van der Waals surface area contributed by atoms with Crippen LogP contribution in [0.3, 0.4) is 0 Å². The normalized spacial score (nSPS) is 12.5. The number of nitrogens with zero attached hydrogens (tertiary/aromatic N) is 1. The van der Waals surface area contributed by atoms with E-state index in [2.05, 4.69) is 342 Å². The number of hydrogen-bond acceptors (Lipinski definition) is 0. The van der Waals surface area contributed by atoms with Gasteiger partial charge in [-0.2, -0.15) is 30.3 Å². The summed E-state index contributed by atoms with van der Waals surface area (Å²) in [5, 5.41) is 10.3. The molecule has 90 heavy (non-hydrogen) atoms. The van der Waals surface area contributed by atoms with Gasteiger partial charge < -0.3 is 4.57 Å².